The Balaban J connectivity index is 1.90. The average molecular weight is 241 g/mol. The van der Waals surface area contributed by atoms with Crippen molar-refractivity contribution < 1.29 is 14.4 Å². The first-order valence-electron chi connectivity index (χ1n) is 6.04. The van der Waals surface area contributed by atoms with Crippen molar-refractivity contribution in [2.75, 3.05) is 31.7 Å². The summed E-state index contributed by atoms with van der Waals surface area (Å²) in [4.78, 5) is 6.41. The van der Waals surface area contributed by atoms with E-state index in [2.05, 4.69) is 15.0 Å². The van der Waals surface area contributed by atoms with E-state index in [0.29, 0.717) is 18.3 Å². The summed E-state index contributed by atoms with van der Waals surface area (Å²) < 4.78 is 9.97. The van der Waals surface area contributed by atoms with Crippen LogP contribution in [0.15, 0.2) is 4.52 Å². The number of anilines is 1. The van der Waals surface area contributed by atoms with Crippen molar-refractivity contribution in [3.63, 3.8) is 0 Å². The van der Waals surface area contributed by atoms with Crippen LogP contribution in [0.3, 0.4) is 0 Å². The van der Waals surface area contributed by atoms with Gasteiger partial charge in [0, 0.05) is 20.2 Å². The summed E-state index contributed by atoms with van der Waals surface area (Å²) in [6.45, 7) is 2.25. The highest BCUT2D eigenvalue weighted by atomic mass is 16.5. The Kier molecular flexibility index (Phi) is 4.33. The Hall–Kier alpha value is -1.14. The van der Waals surface area contributed by atoms with Gasteiger partial charge < -0.3 is 19.3 Å². The fourth-order valence-corrected chi connectivity index (χ4v) is 2.00. The standard InChI is InChI=1S/C11H19N3O3/c1-16-8-9(15)7-10-12-11(13-17-10)14-5-3-2-4-6-14/h9,15H,2-8H2,1H3. The van der Waals surface area contributed by atoms with Crippen molar-refractivity contribution in [1.29, 1.82) is 0 Å². The van der Waals surface area contributed by atoms with E-state index in [9.17, 15) is 5.11 Å². The van der Waals surface area contributed by atoms with Crippen LogP contribution < -0.4 is 4.90 Å². The highest BCUT2D eigenvalue weighted by Gasteiger charge is 2.18. The molecular weight excluding hydrogens is 222 g/mol. The number of piperidine rings is 1. The third-order valence-corrected chi connectivity index (χ3v) is 2.87. The highest BCUT2D eigenvalue weighted by Crippen LogP contribution is 2.16. The first kappa shape index (κ1) is 12.3. The molecule has 0 radical (unpaired) electrons. The minimum atomic E-state index is -0.588. The van der Waals surface area contributed by atoms with E-state index in [1.165, 1.54) is 19.3 Å². The SMILES string of the molecule is COCC(O)Cc1nc(N2CCCCC2)no1. The summed E-state index contributed by atoms with van der Waals surface area (Å²) in [5.41, 5.74) is 0. The molecule has 0 saturated carbocycles. The van der Waals surface area contributed by atoms with Gasteiger partial charge in [0.1, 0.15) is 0 Å². The number of hydrogen-bond acceptors (Lipinski definition) is 6. The lowest BCUT2D eigenvalue weighted by molar-refractivity contribution is 0.0599. The normalized spacial score (nSPS) is 18.4. The lowest BCUT2D eigenvalue weighted by Crippen LogP contribution is -2.30. The predicted molar refractivity (Wildman–Crippen MR) is 61.9 cm³/mol. The van der Waals surface area contributed by atoms with Crippen LogP contribution in [0.2, 0.25) is 0 Å². The number of aromatic nitrogens is 2. The smallest absolute Gasteiger partial charge is 0.266 e. The first-order chi connectivity index (χ1) is 8.29. The molecule has 1 atom stereocenters. The second-order valence-electron chi connectivity index (χ2n) is 4.35. The first-order valence-corrected chi connectivity index (χ1v) is 6.04. The number of aliphatic hydroxyl groups is 1. The summed E-state index contributed by atoms with van der Waals surface area (Å²) >= 11 is 0. The van der Waals surface area contributed by atoms with Crippen LogP contribution in [0.25, 0.3) is 0 Å². The summed E-state index contributed by atoms with van der Waals surface area (Å²) in [7, 11) is 1.55. The van der Waals surface area contributed by atoms with Crippen LogP contribution in [-0.4, -0.2) is 48.2 Å². The van der Waals surface area contributed by atoms with Gasteiger partial charge in [0.2, 0.25) is 5.89 Å². The van der Waals surface area contributed by atoms with E-state index < -0.39 is 6.10 Å². The Bertz CT molecular complexity index is 336. The second-order valence-corrected chi connectivity index (χ2v) is 4.35. The van der Waals surface area contributed by atoms with Gasteiger partial charge in [-0.25, -0.2) is 0 Å². The molecule has 1 aromatic rings. The molecule has 2 rings (SSSR count). The van der Waals surface area contributed by atoms with E-state index in [0.717, 1.165) is 13.1 Å². The Morgan fingerprint density at radius 1 is 1.41 bits per heavy atom. The molecule has 1 aromatic heterocycles. The molecule has 0 bridgehead atoms. The monoisotopic (exact) mass is 241 g/mol. The third kappa shape index (κ3) is 3.41. The van der Waals surface area contributed by atoms with Crippen LogP contribution in [0, 0.1) is 0 Å². The molecule has 0 spiro atoms. The fourth-order valence-electron chi connectivity index (χ4n) is 2.00. The van der Waals surface area contributed by atoms with E-state index in [1.54, 1.807) is 7.11 Å². The van der Waals surface area contributed by atoms with Crippen LogP contribution in [0.4, 0.5) is 5.95 Å². The number of aliphatic hydroxyl groups excluding tert-OH is 1. The minimum absolute atomic E-state index is 0.279. The predicted octanol–water partition coefficient (Wildman–Crippen LogP) is 0.610. The zero-order valence-electron chi connectivity index (χ0n) is 10.1. The van der Waals surface area contributed by atoms with Crippen molar-refractivity contribution in [3.8, 4) is 0 Å². The van der Waals surface area contributed by atoms with Crippen LogP contribution in [0.1, 0.15) is 25.2 Å². The lowest BCUT2D eigenvalue weighted by Gasteiger charge is -2.24. The van der Waals surface area contributed by atoms with E-state index in [-0.39, 0.29) is 6.61 Å². The minimum Gasteiger partial charge on any atom is -0.390 e. The van der Waals surface area contributed by atoms with Gasteiger partial charge in [0.05, 0.1) is 19.1 Å². The molecule has 1 aliphatic rings. The maximum absolute atomic E-state index is 9.56. The van der Waals surface area contributed by atoms with Gasteiger partial charge >= 0.3 is 0 Å². The molecule has 1 N–H and O–H groups in total. The van der Waals surface area contributed by atoms with Crippen molar-refractivity contribution in [3.05, 3.63) is 5.89 Å². The number of methoxy groups -OCH3 is 1. The Morgan fingerprint density at radius 3 is 2.88 bits per heavy atom. The van der Waals surface area contributed by atoms with Gasteiger partial charge in [0.15, 0.2) is 0 Å². The average Bonchev–Trinajstić information content (AvgIpc) is 2.79. The highest BCUT2D eigenvalue weighted by molar-refractivity contribution is 5.27. The molecule has 0 amide bonds. The van der Waals surface area contributed by atoms with Gasteiger partial charge in [-0.3, -0.25) is 0 Å². The van der Waals surface area contributed by atoms with Crippen LogP contribution >= 0.6 is 0 Å². The fraction of sp³-hybridized carbons (Fsp3) is 0.818. The molecular formula is C11H19N3O3. The van der Waals surface area contributed by atoms with Crippen LogP contribution in [-0.2, 0) is 11.2 Å². The van der Waals surface area contributed by atoms with Crippen molar-refractivity contribution in [1.82, 2.24) is 10.1 Å². The largest absolute Gasteiger partial charge is 0.390 e. The second kappa shape index (κ2) is 5.97. The van der Waals surface area contributed by atoms with Crippen LogP contribution in [0.5, 0.6) is 0 Å². The van der Waals surface area contributed by atoms with E-state index in [4.69, 9.17) is 9.26 Å². The molecule has 1 unspecified atom stereocenters. The third-order valence-electron chi connectivity index (χ3n) is 2.87. The molecule has 6 heteroatoms. The number of hydrogen-bond donors (Lipinski definition) is 1. The zero-order chi connectivity index (χ0) is 12.1. The number of ether oxygens (including phenoxy) is 1. The molecule has 6 nitrogen and oxygen atoms in total. The molecule has 1 fully saturated rings. The molecule has 17 heavy (non-hydrogen) atoms. The Labute approximate surface area is 101 Å². The molecule has 0 aliphatic carbocycles. The lowest BCUT2D eigenvalue weighted by atomic mass is 10.1. The van der Waals surface area contributed by atoms with Gasteiger partial charge in [-0.1, -0.05) is 0 Å². The molecule has 1 saturated heterocycles. The van der Waals surface area contributed by atoms with Gasteiger partial charge in [-0.15, -0.1) is 0 Å². The maximum Gasteiger partial charge on any atom is 0.266 e. The topological polar surface area (TPSA) is 71.6 Å². The van der Waals surface area contributed by atoms with Gasteiger partial charge in [-0.05, 0) is 24.4 Å². The van der Waals surface area contributed by atoms with E-state index in [1.807, 2.05) is 0 Å². The Morgan fingerprint density at radius 2 is 2.18 bits per heavy atom. The van der Waals surface area contributed by atoms with Gasteiger partial charge in [-0.2, -0.15) is 4.98 Å². The quantitative estimate of drug-likeness (QED) is 0.814. The van der Waals surface area contributed by atoms with Gasteiger partial charge in [0.25, 0.3) is 5.95 Å². The summed E-state index contributed by atoms with van der Waals surface area (Å²) in [6, 6.07) is 0. The zero-order valence-corrected chi connectivity index (χ0v) is 10.1. The van der Waals surface area contributed by atoms with E-state index >= 15 is 0 Å². The maximum atomic E-state index is 9.56. The summed E-state index contributed by atoms with van der Waals surface area (Å²) in [6.07, 6.45) is 3.38. The van der Waals surface area contributed by atoms with Crippen molar-refractivity contribution >= 4 is 5.95 Å². The summed E-state index contributed by atoms with van der Waals surface area (Å²) in [5, 5.41) is 13.5. The molecule has 1 aliphatic heterocycles. The van der Waals surface area contributed by atoms with Crippen molar-refractivity contribution in [2.45, 2.75) is 31.8 Å². The number of rotatable bonds is 5. The molecule has 96 valence electrons. The molecule has 2 heterocycles. The molecule has 0 aromatic carbocycles. The summed E-state index contributed by atoms with van der Waals surface area (Å²) in [5.74, 6) is 1.11. The number of nitrogens with zero attached hydrogens (tertiary/aromatic N) is 3. The van der Waals surface area contributed by atoms with Crippen molar-refractivity contribution in [2.24, 2.45) is 0 Å².